The van der Waals surface area contributed by atoms with E-state index in [0.717, 1.165) is 0 Å². The Bertz CT molecular complexity index is 626. The van der Waals surface area contributed by atoms with E-state index in [2.05, 4.69) is 5.32 Å². The minimum absolute atomic E-state index is 0.370. The lowest BCUT2D eigenvalue weighted by Crippen LogP contribution is -2.48. The Morgan fingerprint density at radius 3 is 2.37 bits per heavy atom. The van der Waals surface area contributed by atoms with Gasteiger partial charge >= 0.3 is 0 Å². The molecule has 0 spiro atoms. The highest BCUT2D eigenvalue weighted by Gasteiger charge is 2.49. The number of aliphatic hydroxyl groups is 2. The number of para-hydroxylation sites is 1. The average Bonchev–Trinajstić information content (AvgIpc) is 2.46. The van der Waals surface area contributed by atoms with E-state index in [1.165, 1.54) is 0 Å². The topological polar surface area (TPSA) is 69.6 Å². The van der Waals surface area contributed by atoms with Gasteiger partial charge in [0, 0.05) is 11.3 Å². The van der Waals surface area contributed by atoms with Gasteiger partial charge in [-0.25, -0.2) is 0 Å². The van der Waals surface area contributed by atoms with Gasteiger partial charge in [0.15, 0.2) is 5.60 Å². The van der Waals surface area contributed by atoms with E-state index in [0.29, 0.717) is 16.8 Å². The molecule has 1 heterocycles. The van der Waals surface area contributed by atoms with E-state index in [9.17, 15) is 15.0 Å². The van der Waals surface area contributed by atoms with Crippen LogP contribution in [0.15, 0.2) is 54.6 Å². The summed E-state index contributed by atoms with van der Waals surface area (Å²) in [4.78, 5) is 12.2. The molecule has 0 aromatic heterocycles. The first kappa shape index (κ1) is 11.9. The van der Waals surface area contributed by atoms with Gasteiger partial charge < -0.3 is 15.5 Å². The van der Waals surface area contributed by atoms with Crippen molar-refractivity contribution in [2.45, 2.75) is 11.7 Å². The molecule has 0 fully saturated rings. The van der Waals surface area contributed by atoms with Crippen LogP contribution in [0.4, 0.5) is 5.69 Å². The largest absolute Gasteiger partial charge is 0.384 e. The van der Waals surface area contributed by atoms with Crippen molar-refractivity contribution in [2.24, 2.45) is 0 Å². The van der Waals surface area contributed by atoms with E-state index in [1.54, 1.807) is 54.6 Å². The Morgan fingerprint density at radius 2 is 1.63 bits per heavy atom. The summed E-state index contributed by atoms with van der Waals surface area (Å²) in [5, 5.41) is 23.7. The quantitative estimate of drug-likeness (QED) is 0.724. The minimum atomic E-state index is -1.96. The number of hydrogen-bond donors (Lipinski definition) is 3. The van der Waals surface area contributed by atoms with Gasteiger partial charge in [0.05, 0.1) is 0 Å². The highest BCUT2D eigenvalue weighted by Crippen LogP contribution is 2.42. The Morgan fingerprint density at radius 1 is 1.00 bits per heavy atom. The van der Waals surface area contributed by atoms with E-state index in [-0.39, 0.29) is 0 Å². The normalized spacial score (nSPS) is 25.6. The molecular weight excluding hydrogens is 242 g/mol. The summed E-state index contributed by atoms with van der Waals surface area (Å²) in [5.41, 5.74) is -0.557. The van der Waals surface area contributed by atoms with Crippen LogP contribution < -0.4 is 5.32 Å². The maximum Gasteiger partial charge on any atom is 0.264 e. The fourth-order valence-corrected chi connectivity index (χ4v) is 2.40. The van der Waals surface area contributed by atoms with Crippen molar-refractivity contribution in [1.82, 2.24) is 0 Å². The van der Waals surface area contributed by atoms with Crippen molar-refractivity contribution in [2.75, 3.05) is 5.32 Å². The van der Waals surface area contributed by atoms with E-state index >= 15 is 0 Å². The molecule has 2 atom stereocenters. The van der Waals surface area contributed by atoms with Crippen molar-refractivity contribution in [3.05, 3.63) is 65.7 Å². The first-order chi connectivity index (χ1) is 9.14. The van der Waals surface area contributed by atoms with Crippen LogP contribution in [0.3, 0.4) is 0 Å². The first-order valence-electron chi connectivity index (χ1n) is 6.00. The van der Waals surface area contributed by atoms with Crippen LogP contribution in [0.25, 0.3) is 0 Å². The summed E-state index contributed by atoms with van der Waals surface area (Å²) in [6.45, 7) is 0. The molecule has 0 saturated heterocycles. The molecule has 1 aliphatic rings. The summed E-state index contributed by atoms with van der Waals surface area (Å²) in [7, 11) is 0. The molecule has 2 aromatic carbocycles. The second kappa shape index (κ2) is 4.19. The lowest BCUT2D eigenvalue weighted by atomic mass is 9.80. The van der Waals surface area contributed by atoms with E-state index in [4.69, 9.17) is 0 Å². The van der Waals surface area contributed by atoms with Gasteiger partial charge in [-0.15, -0.1) is 0 Å². The second-order valence-electron chi connectivity index (χ2n) is 4.58. The Hall–Kier alpha value is -2.17. The molecule has 1 amide bonds. The summed E-state index contributed by atoms with van der Waals surface area (Å²) in [6, 6.07) is 15.4. The van der Waals surface area contributed by atoms with Crippen molar-refractivity contribution in [3.63, 3.8) is 0 Å². The summed E-state index contributed by atoms with van der Waals surface area (Å²) in [6.07, 6.45) is -1.29. The van der Waals surface area contributed by atoms with Gasteiger partial charge in [0.25, 0.3) is 5.91 Å². The highest BCUT2D eigenvalue weighted by molar-refractivity contribution is 6.01. The molecular formula is C15H13NO3. The van der Waals surface area contributed by atoms with Crippen LogP contribution in [-0.2, 0) is 10.4 Å². The molecule has 0 aliphatic carbocycles. The third-order valence-electron chi connectivity index (χ3n) is 3.46. The van der Waals surface area contributed by atoms with Crippen LogP contribution >= 0.6 is 0 Å². The number of carbonyl (C=O) groups is 1. The van der Waals surface area contributed by atoms with Crippen molar-refractivity contribution in [3.8, 4) is 0 Å². The van der Waals surface area contributed by atoms with Crippen molar-refractivity contribution in [1.29, 1.82) is 0 Å². The lowest BCUT2D eigenvalue weighted by Gasteiger charge is -2.37. The van der Waals surface area contributed by atoms with Crippen LogP contribution in [0.1, 0.15) is 17.2 Å². The van der Waals surface area contributed by atoms with Crippen molar-refractivity contribution >= 4 is 11.6 Å². The molecule has 19 heavy (non-hydrogen) atoms. The van der Waals surface area contributed by atoms with Gasteiger partial charge in [-0.1, -0.05) is 48.5 Å². The number of aliphatic hydroxyl groups excluding tert-OH is 1. The number of rotatable bonds is 1. The molecule has 0 unspecified atom stereocenters. The van der Waals surface area contributed by atoms with Crippen LogP contribution in [0, 0.1) is 0 Å². The zero-order valence-corrected chi connectivity index (χ0v) is 10.1. The molecule has 3 N–H and O–H groups in total. The molecule has 4 heteroatoms. The number of nitrogens with one attached hydrogen (secondary N) is 1. The molecule has 1 aliphatic heterocycles. The molecule has 96 valence electrons. The van der Waals surface area contributed by atoms with Gasteiger partial charge in [-0.3, -0.25) is 4.79 Å². The van der Waals surface area contributed by atoms with Gasteiger partial charge in [-0.2, -0.15) is 0 Å². The predicted octanol–water partition coefficient (Wildman–Crippen LogP) is 1.56. The lowest BCUT2D eigenvalue weighted by molar-refractivity contribution is -0.151. The maximum absolute atomic E-state index is 12.2. The average molecular weight is 255 g/mol. The molecule has 4 nitrogen and oxygen atoms in total. The smallest absolute Gasteiger partial charge is 0.264 e. The molecule has 2 aromatic rings. The third-order valence-corrected chi connectivity index (χ3v) is 3.46. The number of anilines is 1. The van der Waals surface area contributed by atoms with Crippen molar-refractivity contribution < 1.29 is 15.0 Å². The highest BCUT2D eigenvalue weighted by atomic mass is 16.4. The van der Waals surface area contributed by atoms with E-state index in [1.807, 2.05) is 0 Å². The standard InChI is InChI=1S/C15H13NO3/c17-13-11-8-4-5-9-12(11)16-14(18)15(13,19)10-6-2-1-3-7-10/h1-9,13,17,19H,(H,16,18)/t13-,15-/m1/s1. The summed E-state index contributed by atoms with van der Waals surface area (Å²) >= 11 is 0. The van der Waals surface area contributed by atoms with Gasteiger partial charge in [0.2, 0.25) is 0 Å². The zero-order valence-electron chi connectivity index (χ0n) is 10.1. The first-order valence-corrected chi connectivity index (χ1v) is 6.00. The van der Waals surface area contributed by atoms with E-state index < -0.39 is 17.6 Å². The number of fused-ring (bicyclic) bond motifs is 1. The predicted molar refractivity (Wildman–Crippen MR) is 70.4 cm³/mol. The fraction of sp³-hybridized carbons (Fsp3) is 0.133. The molecule has 3 rings (SSSR count). The maximum atomic E-state index is 12.2. The fourth-order valence-electron chi connectivity index (χ4n) is 2.40. The number of carbonyl (C=O) groups excluding carboxylic acids is 1. The van der Waals surface area contributed by atoms with Crippen LogP contribution in [0.5, 0.6) is 0 Å². The minimum Gasteiger partial charge on any atom is -0.384 e. The molecule has 0 bridgehead atoms. The van der Waals surface area contributed by atoms with Gasteiger partial charge in [-0.05, 0) is 11.6 Å². The molecule has 0 radical (unpaired) electrons. The summed E-state index contributed by atoms with van der Waals surface area (Å²) < 4.78 is 0. The SMILES string of the molecule is O=C1Nc2ccccc2[C@@H](O)[C@]1(O)c1ccccc1. The Balaban J connectivity index is 2.16. The van der Waals surface area contributed by atoms with Crippen LogP contribution in [-0.4, -0.2) is 16.1 Å². The number of benzene rings is 2. The second-order valence-corrected chi connectivity index (χ2v) is 4.58. The Labute approximate surface area is 110 Å². The molecule has 0 saturated carbocycles. The number of amides is 1. The van der Waals surface area contributed by atoms with Gasteiger partial charge in [0.1, 0.15) is 6.10 Å². The van der Waals surface area contributed by atoms with Crippen LogP contribution in [0.2, 0.25) is 0 Å². The summed E-state index contributed by atoms with van der Waals surface area (Å²) in [5.74, 6) is -0.620. The zero-order chi connectivity index (χ0) is 13.5. The third kappa shape index (κ3) is 1.65. The number of hydrogen-bond acceptors (Lipinski definition) is 3. The Kier molecular flexibility index (Phi) is 2.62. The monoisotopic (exact) mass is 255 g/mol.